The van der Waals surface area contributed by atoms with Gasteiger partial charge in [-0.15, -0.1) is 0 Å². The van der Waals surface area contributed by atoms with Crippen molar-refractivity contribution >= 4 is 7.82 Å². The van der Waals surface area contributed by atoms with Crippen LogP contribution in [-0.2, 0) is 9.09 Å². The zero-order valence-corrected chi connectivity index (χ0v) is 14.6. The third kappa shape index (κ3) is 6.75. The first-order valence-electron chi connectivity index (χ1n) is 7.99. The first kappa shape index (κ1) is 18.5. The molecule has 2 rings (SSSR count). The minimum Gasteiger partial charge on any atom is -0.395 e. The Labute approximate surface area is 142 Å². The maximum Gasteiger partial charge on any atom is 0.587 e. The molecular weight excluding hydrogens is 327 g/mol. The topological polar surface area (TPSA) is 65.0 Å². The molecule has 1 unspecified atom stereocenters. The van der Waals surface area contributed by atoms with Crippen LogP contribution in [0.25, 0.3) is 0 Å². The van der Waals surface area contributed by atoms with Crippen LogP contribution in [0.3, 0.4) is 0 Å². The molecule has 24 heavy (non-hydrogen) atoms. The molecule has 0 aromatic heterocycles. The molecule has 130 valence electrons. The summed E-state index contributed by atoms with van der Waals surface area (Å²) < 4.78 is 29.4. The Hall–Kier alpha value is -1.81. The Bertz CT molecular complexity index is 585. The third-order valence-corrected chi connectivity index (χ3v) is 4.55. The van der Waals surface area contributed by atoms with E-state index in [0.717, 1.165) is 6.42 Å². The van der Waals surface area contributed by atoms with Gasteiger partial charge in [-0.05, 0) is 50.5 Å². The largest absolute Gasteiger partial charge is 0.587 e. The molecule has 0 heterocycles. The lowest BCUT2D eigenvalue weighted by atomic mass is 10.2. The molecule has 0 aliphatic rings. The summed E-state index contributed by atoms with van der Waals surface area (Å²) in [6, 6.07) is 17.6. The second-order valence-electron chi connectivity index (χ2n) is 5.43. The van der Waals surface area contributed by atoms with E-state index >= 15 is 0 Å². The molecule has 0 bridgehead atoms. The fourth-order valence-electron chi connectivity index (χ4n) is 2.01. The maximum absolute atomic E-state index is 12.9. The quantitative estimate of drug-likeness (QED) is 0.491. The van der Waals surface area contributed by atoms with E-state index in [1.54, 1.807) is 55.5 Å². The Morgan fingerprint density at radius 3 is 1.88 bits per heavy atom. The van der Waals surface area contributed by atoms with Gasteiger partial charge >= 0.3 is 7.82 Å². The van der Waals surface area contributed by atoms with Crippen molar-refractivity contribution in [2.45, 2.75) is 32.3 Å². The minimum atomic E-state index is -3.79. The van der Waals surface area contributed by atoms with Crippen molar-refractivity contribution in [3.05, 3.63) is 60.7 Å². The molecule has 6 heteroatoms. The molecule has 1 N–H and O–H groups in total. The Kier molecular flexibility index (Phi) is 7.32. The minimum absolute atomic E-state index is 0.226. The molecule has 2 aromatic carbocycles. The lowest BCUT2D eigenvalue weighted by Crippen LogP contribution is -2.07. The predicted molar refractivity (Wildman–Crippen MR) is 93.2 cm³/mol. The molecule has 0 aliphatic carbocycles. The molecule has 0 saturated heterocycles. The molecular formula is C18H23O5P. The van der Waals surface area contributed by atoms with Crippen LogP contribution in [0.5, 0.6) is 11.5 Å². The van der Waals surface area contributed by atoms with Gasteiger partial charge in [-0.25, -0.2) is 4.57 Å². The summed E-state index contributed by atoms with van der Waals surface area (Å²) in [7, 11) is -3.79. The van der Waals surface area contributed by atoms with Crippen LogP contribution in [0.15, 0.2) is 60.7 Å². The van der Waals surface area contributed by atoms with Gasteiger partial charge in [-0.1, -0.05) is 36.4 Å². The standard InChI is InChI=1S/C18H23O5P/c1-16(19)10-8-9-15-21-24(20,22-17-11-4-2-5-12-17)23-18-13-6-3-7-14-18/h2-7,11-14,16,19H,8-10,15H2,1H3. The van der Waals surface area contributed by atoms with Crippen LogP contribution in [0.2, 0.25) is 0 Å². The number of phosphoric acid groups is 1. The summed E-state index contributed by atoms with van der Waals surface area (Å²) in [5.41, 5.74) is 0. The van der Waals surface area contributed by atoms with Gasteiger partial charge in [-0.2, -0.15) is 0 Å². The highest BCUT2D eigenvalue weighted by atomic mass is 31.2. The summed E-state index contributed by atoms with van der Waals surface area (Å²) in [5.74, 6) is 0.835. The van der Waals surface area contributed by atoms with Crippen LogP contribution in [0, 0.1) is 0 Å². The summed E-state index contributed by atoms with van der Waals surface area (Å²) in [4.78, 5) is 0. The summed E-state index contributed by atoms with van der Waals surface area (Å²) >= 11 is 0. The lowest BCUT2D eigenvalue weighted by molar-refractivity contribution is 0.171. The first-order valence-corrected chi connectivity index (χ1v) is 9.45. The number of aliphatic hydroxyl groups excluding tert-OH is 1. The Balaban J connectivity index is 1.99. The Morgan fingerprint density at radius 2 is 1.42 bits per heavy atom. The average Bonchev–Trinajstić information content (AvgIpc) is 2.56. The second-order valence-corrected chi connectivity index (χ2v) is 6.95. The molecule has 0 saturated carbocycles. The van der Waals surface area contributed by atoms with E-state index in [1.165, 1.54) is 0 Å². The summed E-state index contributed by atoms with van der Waals surface area (Å²) in [6.07, 6.45) is 1.75. The molecule has 2 aromatic rings. The number of unbranched alkanes of at least 4 members (excludes halogenated alkanes) is 1. The molecule has 5 nitrogen and oxygen atoms in total. The molecule has 0 fully saturated rings. The van der Waals surface area contributed by atoms with E-state index in [4.69, 9.17) is 13.6 Å². The van der Waals surface area contributed by atoms with Crippen LogP contribution in [-0.4, -0.2) is 17.8 Å². The molecule has 1 atom stereocenters. The van der Waals surface area contributed by atoms with Crippen molar-refractivity contribution in [3.63, 3.8) is 0 Å². The summed E-state index contributed by atoms with van der Waals surface area (Å²) in [6.45, 7) is 1.96. The van der Waals surface area contributed by atoms with Gasteiger partial charge < -0.3 is 14.2 Å². The first-order chi connectivity index (χ1) is 11.6. The van der Waals surface area contributed by atoms with E-state index < -0.39 is 7.82 Å². The highest BCUT2D eigenvalue weighted by Gasteiger charge is 2.30. The van der Waals surface area contributed by atoms with Gasteiger partial charge in [0.15, 0.2) is 0 Å². The average molecular weight is 350 g/mol. The predicted octanol–water partition coefficient (Wildman–Crippen LogP) is 4.82. The fraction of sp³-hybridized carbons (Fsp3) is 0.333. The zero-order chi connectivity index (χ0) is 17.3. The van der Waals surface area contributed by atoms with E-state index in [0.29, 0.717) is 24.3 Å². The molecule has 0 radical (unpaired) electrons. The van der Waals surface area contributed by atoms with Gasteiger partial charge in [0.25, 0.3) is 0 Å². The van der Waals surface area contributed by atoms with Crippen LogP contribution < -0.4 is 9.05 Å². The number of para-hydroxylation sites is 2. The monoisotopic (exact) mass is 350 g/mol. The zero-order valence-electron chi connectivity index (χ0n) is 13.7. The number of hydrogen-bond acceptors (Lipinski definition) is 5. The van der Waals surface area contributed by atoms with Gasteiger partial charge in [-0.3, -0.25) is 4.52 Å². The maximum atomic E-state index is 12.9. The van der Waals surface area contributed by atoms with Crippen molar-refractivity contribution in [2.24, 2.45) is 0 Å². The van der Waals surface area contributed by atoms with Crippen LogP contribution in [0.1, 0.15) is 26.2 Å². The number of rotatable bonds is 10. The highest BCUT2D eigenvalue weighted by Crippen LogP contribution is 2.49. The SMILES string of the molecule is CC(O)CCCCOP(=O)(Oc1ccccc1)Oc1ccccc1. The molecule has 0 spiro atoms. The van der Waals surface area contributed by atoms with Crippen molar-refractivity contribution < 1.29 is 23.2 Å². The van der Waals surface area contributed by atoms with Crippen molar-refractivity contribution in [2.75, 3.05) is 6.61 Å². The van der Waals surface area contributed by atoms with E-state index in [-0.39, 0.29) is 12.7 Å². The van der Waals surface area contributed by atoms with Crippen LogP contribution in [0.4, 0.5) is 0 Å². The second kappa shape index (κ2) is 9.48. The van der Waals surface area contributed by atoms with Gasteiger partial charge in [0.1, 0.15) is 11.5 Å². The van der Waals surface area contributed by atoms with Crippen molar-refractivity contribution in [1.82, 2.24) is 0 Å². The number of phosphoric ester groups is 1. The lowest BCUT2D eigenvalue weighted by Gasteiger charge is -2.19. The van der Waals surface area contributed by atoms with E-state index in [9.17, 15) is 9.67 Å². The smallest absolute Gasteiger partial charge is 0.395 e. The Morgan fingerprint density at radius 1 is 0.917 bits per heavy atom. The van der Waals surface area contributed by atoms with Crippen molar-refractivity contribution in [1.29, 1.82) is 0 Å². The number of hydrogen-bond donors (Lipinski definition) is 1. The number of benzene rings is 2. The van der Waals surface area contributed by atoms with Gasteiger partial charge in [0.2, 0.25) is 0 Å². The summed E-state index contributed by atoms with van der Waals surface area (Å²) in [5, 5.41) is 9.26. The van der Waals surface area contributed by atoms with Gasteiger partial charge in [0.05, 0.1) is 12.7 Å². The highest BCUT2D eigenvalue weighted by molar-refractivity contribution is 7.49. The normalized spacial score (nSPS) is 12.6. The fourth-order valence-corrected chi connectivity index (χ4v) is 3.27. The van der Waals surface area contributed by atoms with E-state index in [1.807, 2.05) is 12.1 Å². The van der Waals surface area contributed by atoms with Gasteiger partial charge in [0, 0.05) is 0 Å². The number of aliphatic hydroxyl groups is 1. The molecule has 0 amide bonds. The van der Waals surface area contributed by atoms with E-state index in [2.05, 4.69) is 0 Å². The van der Waals surface area contributed by atoms with Crippen molar-refractivity contribution in [3.8, 4) is 11.5 Å². The molecule has 0 aliphatic heterocycles. The third-order valence-electron chi connectivity index (χ3n) is 3.19. The van der Waals surface area contributed by atoms with Crippen LogP contribution >= 0.6 is 7.82 Å².